The minimum atomic E-state index is 0.150. The van der Waals surface area contributed by atoms with E-state index in [4.69, 9.17) is 14.2 Å². The van der Waals surface area contributed by atoms with Crippen LogP contribution in [0.1, 0.15) is 17.2 Å². The van der Waals surface area contributed by atoms with E-state index in [0.717, 1.165) is 43.4 Å². The van der Waals surface area contributed by atoms with Crippen molar-refractivity contribution in [3.8, 4) is 17.2 Å². The fraction of sp³-hybridized carbons (Fsp3) is 0.400. The average Bonchev–Trinajstić information content (AvgIpc) is 2.69. The van der Waals surface area contributed by atoms with Crippen molar-refractivity contribution in [2.24, 2.45) is 0 Å². The number of hydrogen-bond donors (Lipinski definition) is 1. The smallest absolute Gasteiger partial charge is 0.161 e. The Bertz CT molecular complexity index is 699. The van der Waals surface area contributed by atoms with Gasteiger partial charge in [0.25, 0.3) is 0 Å². The molecule has 0 aromatic heterocycles. The van der Waals surface area contributed by atoms with Gasteiger partial charge in [0.05, 0.1) is 27.4 Å². The molecule has 0 amide bonds. The molecule has 25 heavy (non-hydrogen) atoms. The highest BCUT2D eigenvalue weighted by Crippen LogP contribution is 2.36. The second-order valence-corrected chi connectivity index (χ2v) is 6.08. The molecule has 2 aromatic rings. The Balaban J connectivity index is 2.04. The zero-order valence-corrected chi connectivity index (χ0v) is 15.1. The van der Waals surface area contributed by atoms with Crippen LogP contribution in [0.3, 0.4) is 0 Å². The van der Waals surface area contributed by atoms with Crippen LogP contribution in [-0.4, -0.2) is 52.4 Å². The third-order valence-electron chi connectivity index (χ3n) is 4.65. The number of hydrogen-bond acceptors (Lipinski definition) is 5. The van der Waals surface area contributed by atoms with Gasteiger partial charge in [-0.1, -0.05) is 18.2 Å². The van der Waals surface area contributed by atoms with Crippen LogP contribution < -0.4 is 19.5 Å². The van der Waals surface area contributed by atoms with E-state index in [-0.39, 0.29) is 6.04 Å². The maximum absolute atomic E-state index is 5.51. The minimum Gasteiger partial charge on any atom is -0.497 e. The number of methoxy groups -OCH3 is 3. The van der Waals surface area contributed by atoms with Gasteiger partial charge in [0.2, 0.25) is 0 Å². The van der Waals surface area contributed by atoms with Crippen LogP contribution in [0.15, 0.2) is 42.5 Å². The number of piperazine rings is 1. The van der Waals surface area contributed by atoms with E-state index in [2.05, 4.69) is 34.5 Å². The largest absolute Gasteiger partial charge is 0.497 e. The summed E-state index contributed by atoms with van der Waals surface area (Å²) in [4.78, 5) is 2.49. The molecule has 1 unspecified atom stereocenters. The van der Waals surface area contributed by atoms with Gasteiger partial charge in [0.1, 0.15) is 5.75 Å². The topological polar surface area (TPSA) is 43.0 Å². The van der Waals surface area contributed by atoms with Crippen LogP contribution in [0.2, 0.25) is 0 Å². The molecule has 2 aromatic carbocycles. The molecule has 1 fully saturated rings. The van der Waals surface area contributed by atoms with E-state index in [1.54, 1.807) is 21.3 Å². The molecule has 1 heterocycles. The van der Waals surface area contributed by atoms with E-state index >= 15 is 0 Å². The summed E-state index contributed by atoms with van der Waals surface area (Å²) in [6.45, 7) is 3.98. The van der Waals surface area contributed by atoms with Crippen molar-refractivity contribution in [2.75, 3.05) is 47.5 Å². The Morgan fingerprint density at radius 2 is 1.56 bits per heavy atom. The number of nitrogens with one attached hydrogen (secondary N) is 1. The van der Waals surface area contributed by atoms with Crippen LogP contribution in [-0.2, 0) is 0 Å². The normalized spacial score (nSPS) is 16.3. The standard InChI is InChI=1S/C20H26N2O3/c1-23-17-6-4-5-15(13-17)20(22-11-9-21-10-12-22)16-7-8-18(24-2)19(14-16)25-3/h4-8,13-14,20-21H,9-12H2,1-3H3. The summed E-state index contributed by atoms with van der Waals surface area (Å²) < 4.78 is 16.3. The number of rotatable bonds is 6. The lowest BCUT2D eigenvalue weighted by Gasteiger charge is -2.36. The van der Waals surface area contributed by atoms with Gasteiger partial charge >= 0.3 is 0 Å². The third-order valence-corrected chi connectivity index (χ3v) is 4.65. The summed E-state index contributed by atoms with van der Waals surface area (Å²) in [6, 6.07) is 14.6. The van der Waals surface area contributed by atoms with E-state index in [0.29, 0.717) is 0 Å². The summed E-state index contributed by atoms with van der Waals surface area (Å²) in [5.74, 6) is 2.37. The Hall–Kier alpha value is -2.24. The summed E-state index contributed by atoms with van der Waals surface area (Å²) >= 11 is 0. The Morgan fingerprint density at radius 1 is 0.840 bits per heavy atom. The first-order valence-corrected chi connectivity index (χ1v) is 8.57. The Kier molecular flexibility index (Phi) is 5.79. The van der Waals surface area contributed by atoms with E-state index in [9.17, 15) is 0 Å². The number of nitrogens with zero attached hydrogens (tertiary/aromatic N) is 1. The fourth-order valence-corrected chi connectivity index (χ4v) is 3.39. The summed E-state index contributed by atoms with van der Waals surface area (Å²) in [6.07, 6.45) is 0. The van der Waals surface area contributed by atoms with Crippen LogP contribution in [0, 0.1) is 0 Å². The molecule has 0 spiro atoms. The molecule has 5 nitrogen and oxygen atoms in total. The van der Waals surface area contributed by atoms with Crippen molar-refractivity contribution in [1.29, 1.82) is 0 Å². The van der Waals surface area contributed by atoms with Gasteiger partial charge in [-0.05, 0) is 35.4 Å². The van der Waals surface area contributed by atoms with Gasteiger partial charge in [-0.3, -0.25) is 4.90 Å². The van der Waals surface area contributed by atoms with Gasteiger partial charge in [0, 0.05) is 26.2 Å². The lowest BCUT2D eigenvalue weighted by atomic mass is 9.95. The monoisotopic (exact) mass is 342 g/mol. The van der Waals surface area contributed by atoms with Crippen molar-refractivity contribution in [1.82, 2.24) is 10.2 Å². The molecular weight excluding hydrogens is 316 g/mol. The molecule has 5 heteroatoms. The summed E-state index contributed by atoms with van der Waals surface area (Å²) in [5, 5.41) is 3.42. The molecule has 1 N–H and O–H groups in total. The van der Waals surface area contributed by atoms with Gasteiger partial charge in [-0.25, -0.2) is 0 Å². The number of ether oxygens (including phenoxy) is 3. The molecule has 1 aliphatic heterocycles. The summed E-state index contributed by atoms with van der Waals surface area (Å²) in [7, 11) is 5.04. The average molecular weight is 342 g/mol. The zero-order valence-electron chi connectivity index (χ0n) is 15.1. The summed E-state index contributed by atoms with van der Waals surface area (Å²) in [5.41, 5.74) is 2.40. The molecule has 0 aliphatic carbocycles. The van der Waals surface area contributed by atoms with Crippen molar-refractivity contribution in [3.05, 3.63) is 53.6 Å². The number of benzene rings is 2. The molecule has 1 aliphatic rings. The first-order chi connectivity index (χ1) is 12.3. The molecular formula is C20H26N2O3. The second-order valence-electron chi connectivity index (χ2n) is 6.08. The SMILES string of the molecule is COc1cccc(C(c2ccc(OC)c(OC)c2)N2CCNCC2)c1. The van der Waals surface area contributed by atoms with Gasteiger partial charge in [0.15, 0.2) is 11.5 Å². The molecule has 0 saturated carbocycles. The highest BCUT2D eigenvalue weighted by molar-refractivity contribution is 5.46. The molecule has 0 bridgehead atoms. The Morgan fingerprint density at radius 3 is 2.24 bits per heavy atom. The predicted octanol–water partition coefficient (Wildman–Crippen LogP) is 2.71. The van der Waals surface area contributed by atoms with Crippen molar-refractivity contribution in [3.63, 3.8) is 0 Å². The van der Waals surface area contributed by atoms with E-state index < -0.39 is 0 Å². The van der Waals surface area contributed by atoms with Crippen LogP contribution in [0.5, 0.6) is 17.2 Å². The lowest BCUT2D eigenvalue weighted by Crippen LogP contribution is -2.45. The molecule has 3 rings (SSSR count). The highest BCUT2D eigenvalue weighted by Gasteiger charge is 2.25. The van der Waals surface area contributed by atoms with E-state index in [1.807, 2.05) is 18.2 Å². The molecule has 1 saturated heterocycles. The highest BCUT2D eigenvalue weighted by atomic mass is 16.5. The minimum absolute atomic E-state index is 0.150. The van der Waals surface area contributed by atoms with Gasteiger partial charge in [-0.2, -0.15) is 0 Å². The van der Waals surface area contributed by atoms with Gasteiger partial charge < -0.3 is 19.5 Å². The second kappa shape index (κ2) is 8.23. The molecule has 1 atom stereocenters. The van der Waals surface area contributed by atoms with Crippen LogP contribution in [0.25, 0.3) is 0 Å². The van der Waals surface area contributed by atoms with Crippen molar-refractivity contribution < 1.29 is 14.2 Å². The third kappa shape index (κ3) is 3.89. The van der Waals surface area contributed by atoms with Gasteiger partial charge in [-0.15, -0.1) is 0 Å². The lowest BCUT2D eigenvalue weighted by molar-refractivity contribution is 0.198. The molecule has 0 radical (unpaired) electrons. The van der Waals surface area contributed by atoms with Crippen LogP contribution >= 0.6 is 0 Å². The maximum atomic E-state index is 5.51. The van der Waals surface area contributed by atoms with E-state index in [1.165, 1.54) is 11.1 Å². The maximum Gasteiger partial charge on any atom is 0.161 e. The first-order valence-electron chi connectivity index (χ1n) is 8.57. The quantitative estimate of drug-likeness (QED) is 0.874. The van der Waals surface area contributed by atoms with Crippen molar-refractivity contribution in [2.45, 2.75) is 6.04 Å². The predicted molar refractivity (Wildman–Crippen MR) is 98.8 cm³/mol. The van der Waals surface area contributed by atoms with Crippen molar-refractivity contribution >= 4 is 0 Å². The first kappa shape index (κ1) is 17.6. The Labute approximate surface area is 149 Å². The zero-order chi connectivity index (χ0) is 17.6. The molecule has 134 valence electrons. The fourth-order valence-electron chi connectivity index (χ4n) is 3.39. The van der Waals surface area contributed by atoms with Crippen LogP contribution in [0.4, 0.5) is 0 Å².